The third-order valence-electron chi connectivity index (χ3n) is 6.11. The number of ether oxygens (including phenoxy) is 1. The van der Waals surface area contributed by atoms with Crippen LogP contribution >= 0.6 is 11.5 Å². The summed E-state index contributed by atoms with van der Waals surface area (Å²) in [5.41, 5.74) is 5.47. The van der Waals surface area contributed by atoms with Crippen molar-refractivity contribution in [2.24, 2.45) is 5.73 Å². The maximum Gasteiger partial charge on any atom is 0.319 e. The summed E-state index contributed by atoms with van der Waals surface area (Å²) in [7, 11) is 2.15. The molecule has 36 heavy (non-hydrogen) atoms. The molecular weight excluding hydrogens is 490 g/mol. The van der Waals surface area contributed by atoms with Crippen molar-refractivity contribution in [3.63, 3.8) is 0 Å². The second kappa shape index (κ2) is 13.5. The van der Waals surface area contributed by atoms with Crippen molar-refractivity contribution in [2.75, 3.05) is 51.6 Å². The zero-order valence-electron chi connectivity index (χ0n) is 20.7. The first-order valence-electron chi connectivity index (χ1n) is 12.1. The van der Waals surface area contributed by atoms with E-state index in [1.165, 1.54) is 6.92 Å². The number of urea groups is 1. The number of amides is 3. The Bertz CT molecular complexity index is 1040. The van der Waals surface area contributed by atoms with Gasteiger partial charge in [-0.3, -0.25) is 10.1 Å². The van der Waals surface area contributed by atoms with Crippen molar-refractivity contribution < 1.29 is 23.1 Å². The molecule has 1 aromatic carbocycles. The van der Waals surface area contributed by atoms with Crippen molar-refractivity contribution in [3.05, 3.63) is 40.5 Å². The number of nitrogens with zero attached hydrogens (tertiary/aromatic N) is 3. The van der Waals surface area contributed by atoms with Gasteiger partial charge in [0.2, 0.25) is 5.88 Å². The maximum absolute atomic E-state index is 14.1. The number of carbonyl (C=O) groups excluding carboxylic acids is 2. The largest absolute Gasteiger partial charge is 0.471 e. The lowest BCUT2D eigenvalue weighted by atomic mass is 10.1. The highest BCUT2D eigenvalue weighted by atomic mass is 32.1. The molecule has 0 spiro atoms. The Kier molecular flexibility index (Phi) is 10.4. The van der Waals surface area contributed by atoms with Crippen LogP contribution in [-0.4, -0.2) is 72.4 Å². The van der Waals surface area contributed by atoms with Gasteiger partial charge < -0.3 is 25.6 Å². The highest BCUT2D eigenvalue weighted by molar-refractivity contribution is 7.11. The molecule has 0 bridgehead atoms. The first-order valence-corrected chi connectivity index (χ1v) is 12.8. The van der Waals surface area contributed by atoms with Crippen LogP contribution in [-0.2, 0) is 6.61 Å². The summed E-state index contributed by atoms with van der Waals surface area (Å²) in [6, 6.07) is 1.60. The van der Waals surface area contributed by atoms with Gasteiger partial charge in [0.05, 0.1) is 0 Å². The van der Waals surface area contributed by atoms with Gasteiger partial charge in [-0.2, -0.15) is 4.37 Å². The fourth-order valence-corrected chi connectivity index (χ4v) is 4.59. The SMILES string of the molecule is Cc1cc(F)c(COc2nsc(NC(=O)NCCCCCCN3CCN(C)CC3)c2C(N)=O)cc1F. The van der Waals surface area contributed by atoms with Crippen LogP contribution in [0.25, 0.3) is 0 Å². The third kappa shape index (κ3) is 8.10. The predicted octanol–water partition coefficient (Wildman–Crippen LogP) is 3.34. The first-order chi connectivity index (χ1) is 17.2. The highest BCUT2D eigenvalue weighted by Gasteiger charge is 2.22. The zero-order chi connectivity index (χ0) is 26.1. The van der Waals surface area contributed by atoms with E-state index in [1.54, 1.807) is 0 Å². The third-order valence-corrected chi connectivity index (χ3v) is 6.85. The van der Waals surface area contributed by atoms with Crippen molar-refractivity contribution in [1.29, 1.82) is 0 Å². The number of benzene rings is 1. The standard InChI is InChI=1S/C24H34F2N6O3S/c1-16-13-19(26)17(14-18(16)25)15-35-22-20(21(27)33)23(36-30-22)29-24(34)28-7-5-3-4-6-8-32-11-9-31(2)10-12-32/h13-14H,3-12,15H2,1-2H3,(H2,27,33)(H2,28,29,34). The molecule has 1 aromatic heterocycles. The number of nitrogens with two attached hydrogens (primary N) is 1. The van der Waals surface area contributed by atoms with E-state index in [1.807, 2.05) is 0 Å². The fraction of sp³-hybridized carbons (Fsp3) is 0.542. The molecule has 3 amide bonds. The molecule has 1 saturated heterocycles. The summed E-state index contributed by atoms with van der Waals surface area (Å²) < 4.78 is 37.2. The molecule has 1 aliphatic heterocycles. The summed E-state index contributed by atoms with van der Waals surface area (Å²) in [5.74, 6) is -2.22. The van der Waals surface area contributed by atoms with Crippen molar-refractivity contribution in [1.82, 2.24) is 19.5 Å². The average molecular weight is 525 g/mol. The number of hydrogen-bond acceptors (Lipinski definition) is 7. The molecule has 0 unspecified atom stereocenters. The molecular formula is C24H34F2N6O3S. The number of nitrogens with one attached hydrogen (secondary N) is 2. The molecule has 0 atom stereocenters. The normalized spacial score (nSPS) is 14.6. The number of aromatic nitrogens is 1. The summed E-state index contributed by atoms with van der Waals surface area (Å²) in [5, 5.41) is 5.45. The van der Waals surface area contributed by atoms with E-state index in [0.29, 0.717) is 6.54 Å². The van der Waals surface area contributed by atoms with Gasteiger partial charge >= 0.3 is 6.03 Å². The second-order valence-electron chi connectivity index (χ2n) is 8.98. The van der Waals surface area contributed by atoms with Crippen LogP contribution in [0.3, 0.4) is 0 Å². The van der Waals surface area contributed by atoms with Crippen LogP contribution < -0.4 is 21.1 Å². The molecule has 3 rings (SSSR count). The van der Waals surface area contributed by atoms with Crippen LogP contribution in [0.2, 0.25) is 0 Å². The van der Waals surface area contributed by atoms with Gasteiger partial charge in [0.25, 0.3) is 5.91 Å². The van der Waals surface area contributed by atoms with Crippen molar-refractivity contribution >= 4 is 28.5 Å². The van der Waals surface area contributed by atoms with Crippen LogP contribution in [0.1, 0.15) is 47.2 Å². The molecule has 12 heteroatoms. The van der Waals surface area contributed by atoms with Gasteiger partial charge in [-0.05, 0) is 62.6 Å². The number of aryl methyl sites for hydroxylation is 1. The molecule has 0 saturated carbocycles. The predicted molar refractivity (Wildman–Crippen MR) is 135 cm³/mol. The van der Waals surface area contributed by atoms with E-state index in [9.17, 15) is 18.4 Å². The number of likely N-dealkylation sites (N-methyl/N-ethyl adjacent to an activating group) is 1. The number of primary amides is 1. The summed E-state index contributed by atoms with van der Waals surface area (Å²) in [6.45, 7) is 7.19. The lowest BCUT2D eigenvalue weighted by Gasteiger charge is -2.32. The molecule has 1 aliphatic rings. The van der Waals surface area contributed by atoms with E-state index in [-0.39, 0.29) is 34.2 Å². The molecule has 2 aromatic rings. The minimum Gasteiger partial charge on any atom is -0.471 e. The van der Waals surface area contributed by atoms with E-state index >= 15 is 0 Å². The van der Waals surface area contributed by atoms with Crippen molar-refractivity contribution in [2.45, 2.75) is 39.2 Å². The smallest absolute Gasteiger partial charge is 0.319 e. The number of unbranched alkanes of at least 4 members (excludes halogenated alkanes) is 3. The molecule has 2 heterocycles. The Labute approximate surface area is 214 Å². The quantitative estimate of drug-likeness (QED) is 0.367. The maximum atomic E-state index is 14.1. The molecule has 9 nitrogen and oxygen atoms in total. The van der Waals surface area contributed by atoms with Gasteiger partial charge in [0.1, 0.15) is 28.8 Å². The van der Waals surface area contributed by atoms with E-state index < -0.39 is 23.6 Å². The first kappa shape index (κ1) is 27.8. The molecule has 0 aliphatic carbocycles. The lowest BCUT2D eigenvalue weighted by molar-refractivity contribution is 0.0996. The Balaban J connectivity index is 1.40. The Morgan fingerprint density at radius 1 is 1.11 bits per heavy atom. The second-order valence-corrected chi connectivity index (χ2v) is 9.75. The number of carbonyl (C=O) groups is 2. The highest BCUT2D eigenvalue weighted by Crippen LogP contribution is 2.31. The van der Waals surface area contributed by atoms with Gasteiger partial charge in [-0.25, -0.2) is 13.6 Å². The molecule has 4 N–H and O–H groups in total. The average Bonchev–Trinajstić information content (AvgIpc) is 3.23. The van der Waals surface area contributed by atoms with E-state index in [2.05, 4.69) is 31.9 Å². The zero-order valence-corrected chi connectivity index (χ0v) is 21.6. The number of halogens is 2. The number of hydrogen-bond donors (Lipinski definition) is 3. The minimum atomic E-state index is -0.857. The fourth-order valence-electron chi connectivity index (χ4n) is 3.86. The van der Waals surface area contributed by atoms with Gasteiger partial charge in [0.15, 0.2) is 0 Å². The lowest BCUT2D eigenvalue weighted by Crippen LogP contribution is -2.44. The minimum absolute atomic E-state index is 0.0303. The van der Waals surface area contributed by atoms with Crippen LogP contribution in [0.15, 0.2) is 12.1 Å². The summed E-state index contributed by atoms with van der Waals surface area (Å²) in [4.78, 5) is 29.1. The van der Waals surface area contributed by atoms with Crippen LogP contribution in [0, 0.1) is 18.6 Å². The Morgan fingerprint density at radius 3 is 2.56 bits per heavy atom. The molecule has 0 radical (unpaired) electrons. The molecule has 1 fully saturated rings. The number of piperazine rings is 1. The Hall–Kier alpha value is -2.83. The number of rotatable bonds is 12. The van der Waals surface area contributed by atoms with E-state index in [4.69, 9.17) is 10.5 Å². The van der Waals surface area contributed by atoms with Gasteiger partial charge in [-0.15, -0.1) is 0 Å². The summed E-state index contributed by atoms with van der Waals surface area (Å²) >= 11 is 0.818. The van der Waals surface area contributed by atoms with Gasteiger partial charge in [-0.1, -0.05) is 12.8 Å². The summed E-state index contributed by atoms with van der Waals surface area (Å²) in [6.07, 6.45) is 4.09. The van der Waals surface area contributed by atoms with Crippen molar-refractivity contribution in [3.8, 4) is 5.88 Å². The number of anilines is 1. The van der Waals surface area contributed by atoms with Crippen LogP contribution in [0.5, 0.6) is 5.88 Å². The molecule has 198 valence electrons. The Morgan fingerprint density at radius 2 is 1.83 bits per heavy atom. The van der Waals surface area contributed by atoms with Crippen LogP contribution in [0.4, 0.5) is 18.6 Å². The topological polar surface area (TPSA) is 113 Å². The monoisotopic (exact) mass is 524 g/mol. The van der Waals surface area contributed by atoms with E-state index in [0.717, 1.165) is 82.1 Å². The van der Waals surface area contributed by atoms with Gasteiger partial charge in [0, 0.05) is 38.3 Å².